The first-order valence-electron chi connectivity index (χ1n) is 8.12. The highest BCUT2D eigenvalue weighted by Gasteiger charge is 2.23. The third-order valence-electron chi connectivity index (χ3n) is 4.12. The lowest BCUT2D eigenvalue weighted by Gasteiger charge is -2.10. The largest absolute Gasteiger partial charge is 0.232 e. The zero-order valence-corrected chi connectivity index (χ0v) is 18.5. The van der Waals surface area contributed by atoms with Crippen molar-refractivity contribution in [3.05, 3.63) is 62.3 Å². The lowest BCUT2D eigenvalue weighted by Crippen LogP contribution is -2.02. The summed E-state index contributed by atoms with van der Waals surface area (Å²) in [6.45, 7) is 1.82. The van der Waals surface area contributed by atoms with Gasteiger partial charge < -0.3 is 0 Å². The number of hydrogen-bond acceptors (Lipinski definition) is 4. The van der Waals surface area contributed by atoms with Crippen molar-refractivity contribution in [2.75, 3.05) is 6.26 Å². The van der Waals surface area contributed by atoms with Crippen molar-refractivity contribution in [3.8, 4) is 16.9 Å². The van der Waals surface area contributed by atoms with Gasteiger partial charge in [-0.15, -0.1) is 11.8 Å². The molecule has 0 fully saturated rings. The Labute approximate surface area is 185 Å². The minimum Gasteiger partial charge on any atom is -0.232 e. The highest BCUT2D eigenvalue weighted by Crippen LogP contribution is 2.39. The van der Waals surface area contributed by atoms with Gasteiger partial charge in [-0.3, -0.25) is 0 Å². The second-order valence-electron chi connectivity index (χ2n) is 5.94. The quantitative estimate of drug-likeness (QED) is 0.299. The van der Waals surface area contributed by atoms with Gasteiger partial charge in [0.2, 0.25) is 0 Å². The normalized spacial score (nSPS) is 11.4. The third kappa shape index (κ3) is 3.36. The Balaban J connectivity index is 2.12. The number of rotatable bonds is 3. The molecule has 2 heterocycles. The smallest absolute Gasteiger partial charge is 0.168 e. The summed E-state index contributed by atoms with van der Waals surface area (Å²) in [4.78, 5) is 9.28. The van der Waals surface area contributed by atoms with Crippen molar-refractivity contribution in [1.29, 1.82) is 0 Å². The first kappa shape index (κ1) is 19.8. The molecule has 0 atom stereocenters. The van der Waals surface area contributed by atoms with Crippen LogP contribution in [0, 0.1) is 6.92 Å². The van der Waals surface area contributed by atoms with Gasteiger partial charge in [-0.1, -0.05) is 64.6 Å². The van der Waals surface area contributed by atoms with Crippen molar-refractivity contribution in [3.63, 3.8) is 0 Å². The zero-order valence-electron chi connectivity index (χ0n) is 14.7. The number of thioether (sulfide) groups is 1. The third-order valence-corrected chi connectivity index (χ3v) is 5.92. The monoisotopic (exact) mass is 468 g/mol. The Morgan fingerprint density at radius 3 is 2.25 bits per heavy atom. The van der Waals surface area contributed by atoms with Crippen LogP contribution in [0.5, 0.6) is 0 Å². The molecule has 0 aliphatic rings. The number of aryl methyl sites for hydroxylation is 1. The average molecular weight is 470 g/mol. The predicted molar refractivity (Wildman–Crippen MR) is 119 cm³/mol. The van der Waals surface area contributed by atoms with Gasteiger partial charge in [0, 0.05) is 15.6 Å². The lowest BCUT2D eigenvalue weighted by atomic mass is 10.1. The lowest BCUT2D eigenvalue weighted by molar-refractivity contribution is 0.849. The van der Waals surface area contributed by atoms with Crippen molar-refractivity contribution >= 4 is 69.2 Å². The number of aromatic nitrogens is 4. The van der Waals surface area contributed by atoms with Crippen LogP contribution in [0.2, 0.25) is 20.1 Å². The molecule has 2 aromatic heterocycles. The summed E-state index contributed by atoms with van der Waals surface area (Å²) in [6.07, 6.45) is 1.94. The van der Waals surface area contributed by atoms with E-state index in [1.54, 1.807) is 16.8 Å². The highest BCUT2D eigenvalue weighted by atomic mass is 35.5. The molecule has 0 radical (unpaired) electrons. The Hall–Kier alpha value is -1.50. The summed E-state index contributed by atoms with van der Waals surface area (Å²) in [5, 5.41) is 8.04. The van der Waals surface area contributed by atoms with Crippen LogP contribution in [0.3, 0.4) is 0 Å². The van der Waals surface area contributed by atoms with Crippen LogP contribution >= 0.6 is 58.2 Å². The molecule has 142 valence electrons. The van der Waals surface area contributed by atoms with E-state index in [1.165, 1.54) is 11.8 Å². The molecule has 4 nitrogen and oxygen atoms in total. The van der Waals surface area contributed by atoms with Crippen molar-refractivity contribution in [2.45, 2.75) is 11.9 Å². The van der Waals surface area contributed by atoms with Gasteiger partial charge in [0.15, 0.2) is 5.65 Å². The highest BCUT2D eigenvalue weighted by molar-refractivity contribution is 7.98. The molecule has 0 saturated heterocycles. The molecule has 2 aromatic carbocycles. The molecule has 0 unspecified atom stereocenters. The minimum absolute atomic E-state index is 0.380. The first-order valence-corrected chi connectivity index (χ1v) is 10.9. The van der Waals surface area contributed by atoms with Crippen LogP contribution in [0.1, 0.15) is 5.82 Å². The first-order chi connectivity index (χ1) is 13.4. The van der Waals surface area contributed by atoms with Crippen LogP contribution in [0.25, 0.3) is 28.0 Å². The fourth-order valence-corrected chi connectivity index (χ4v) is 4.74. The maximum absolute atomic E-state index is 6.45. The summed E-state index contributed by atoms with van der Waals surface area (Å²) in [5.41, 5.74) is 2.63. The van der Waals surface area contributed by atoms with Gasteiger partial charge >= 0.3 is 0 Å². The number of nitrogens with zero attached hydrogens (tertiary/aromatic N) is 4. The molecule has 28 heavy (non-hydrogen) atoms. The van der Waals surface area contributed by atoms with Crippen molar-refractivity contribution in [2.24, 2.45) is 0 Å². The molecule has 4 rings (SSSR count). The molecule has 0 N–H and O–H groups in total. The van der Waals surface area contributed by atoms with E-state index in [2.05, 4.69) is 9.97 Å². The molecular formula is C19H12Cl4N4S. The Kier molecular flexibility index (Phi) is 5.47. The number of hydrogen-bond donors (Lipinski definition) is 0. The van der Waals surface area contributed by atoms with Crippen LogP contribution in [-0.2, 0) is 0 Å². The second kappa shape index (κ2) is 7.73. The fourth-order valence-electron chi connectivity index (χ4n) is 2.98. The average Bonchev–Trinajstić information content (AvgIpc) is 2.99. The fraction of sp³-hybridized carbons (Fsp3) is 0.105. The molecule has 0 spiro atoms. The Bertz CT molecular complexity index is 1200. The van der Waals surface area contributed by atoms with E-state index in [9.17, 15) is 0 Å². The Morgan fingerprint density at radius 1 is 0.929 bits per heavy atom. The van der Waals surface area contributed by atoms with Gasteiger partial charge in [-0.05, 0) is 31.4 Å². The molecule has 4 aromatic rings. The zero-order chi connectivity index (χ0) is 20.0. The predicted octanol–water partition coefficient (Wildman–Crippen LogP) is 7.13. The van der Waals surface area contributed by atoms with Crippen molar-refractivity contribution in [1.82, 2.24) is 19.7 Å². The van der Waals surface area contributed by atoms with E-state index in [1.807, 2.05) is 37.4 Å². The van der Waals surface area contributed by atoms with Crippen LogP contribution in [0.4, 0.5) is 0 Å². The summed E-state index contributed by atoms with van der Waals surface area (Å²) in [5.74, 6) is 0.581. The van der Waals surface area contributed by atoms with E-state index >= 15 is 0 Å². The molecule has 0 saturated carbocycles. The molecule has 0 amide bonds. The van der Waals surface area contributed by atoms with Gasteiger partial charge in [-0.25, -0.2) is 14.6 Å². The van der Waals surface area contributed by atoms with E-state index in [0.717, 1.165) is 16.0 Å². The molecular weight excluding hydrogens is 458 g/mol. The van der Waals surface area contributed by atoms with E-state index in [-0.39, 0.29) is 0 Å². The van der Waals surface area contributed by atoms with Crippen molar-refractivity contribution < 1.29 is 0 Å². The number of fused-ring (bicyclic) bond motifs is 1. The maximum atomic E-state index is 6.45. The van der Waals surface area contributed by atoms with Crippen LogP contribution < -0.4 is 0 Å². The van der Waals surface area contributed by atoms with E-state index in [0.29, 0.717) is 42.9 Å². The van der Waals surface area contributed by atoms with Gasteiger partial charge in [0.05, 0.1) is 21.1 Å². The van der Waals surface area contributed by atoms with E-state index < -0.39 is 0 Å². The van der Waals surface area contributed by atoms with Crippen LogP contribution in [0.15, 0.2) is 41.4 Å². The van der Waals surface area contributed by atoms with E-state index in [4.69, 9.17) is 51.5 Å². The van der Waals surface area contributed by atoms with Crippen LogP contribution in [-0.4, -0.2) is 26.0 Å². The SMILES string of the molecule is CSc1nn(-c2c(Cl)cc(Cl)cc2Cl)c2nc(C)nc(-c3ccccc3Cl)c12. The Morgan fingerprint density at radius 2 is 1.61 bits per heavy atom. The topological polar surface area (TPSA) is 43.6 Å². The summed E-state index contributed by atoms with van der Waals surface area (Å²) in [6, 6.07) is 10.8. The van der Waals surface area contributed by atoms with Gasteiger partial charge in [0.1, 0.15) is 16.5 Å². The van der Waals surface area contributed by atoms with Gasteiger partial charge in [0.25, 0.3) is 0 Å². The molecule has 0 aliphatic carbocycles. The number of benzene rings is 2. The molecule has 9 heteroatoms. The standard InChI is InChI=1S/C19H12Cl4N4S/c1-9-24-16(11-5-3-4-6-12(11)21)15-18(25-9)27(26-19(15)28-2)17-13(22)7-10(20)8-14(17)23/h3-8H,1-2H3. The summed E-state index contributed by atoms with van der Waals surface area (Å²) in [7, 11) is 0. The maximum Gasteiger partial charge on any atom is 0.168 e. The second-order valence-corrected chi connectivity index (χ2v) is 8.39. The molecule has 0 aliphatic heterocycles. The minimum atomic E-state index is 0.380. The van der Waals surface area contributed by atoms with Gasteiger partial charge in [-0.2, -0.15) is 5.10 Å². The summed E-state index contributed by atoms with van der Waals surface area (Å²) < 4.78 is 1.64. The molecule has 0 bridgehead atoms. The summed E-state index contributed by atoms with van der Waals surface area (Å²) >= 11 is 26.9. The number of halogens is 4.